The smallest absolute Gasteiger partial charge is 0.338 e. The second kappa shape index (κ2) is 11.1. The highest BCUT2D eigenvalue weighted by Gasteiger charge is 2.41. The molecular formula is C28H29ClN4O3S. The number of carbonyl (C=O) groups is 2. The number of carbonyl (C=O) groups excluding carboxylic acids is 2. The van der Waals surface area contributed by atoms with Crippen LogP contribution in [0.5, 0.6) is 0 Å². The highest BCUT2D eigenvalue weighted by Crippen LogP contribution is 2.45. The van der Waals surface area contributed by atoms with E-state index in [9.17, 15) is 9.59 Å². The number of hydrogen-bond donors (Lipinski definition) is 0. The largest absolute Gasteiger partial charge is 0.457 e. The molecule has 37 heavy (non-hydrogen) atoms. The van der Waals surface area contributed by atoms with Crippen LogP contribution in [-0.4, -0.2) is 65.0 Å². The Balaban J connectivity index is 1.44. The van der Waals surface area contributed by atoms with Crippen LogP contribution in [-0.2, 0) is 20.9 Å². The molecule has 2 aromatic carbocycles. The van der Waals surface area contributed by atoms with Crippen LogP contribution in [0.3, 0.4) is 0 Å². The number of amidine groups is 1. The van der Waals surface area contributed by atoms with Gasteiger partial charge >= 0.3 is 5.97 Å². The molecule has 1 unspecified atom stereocenters. The Morgan fingerprint density at radius 2 is 1.84 bits per heavy atom. The van der Waals surface area contributed by atoms with Gasteiger partial charge in [-0.25, -0.2) is 9.79 Å². The molecule has 3 heterocycles. The van der Waals surface area contributed by atoms with E-state index in [1.165, 1.54) is 11.8 Å². The summed E-state index contributed by atoms with van der Waals surface area (Å²) in [5.41, 5.74) is 3.61. The van der Waals surface area contributed by atoms with Crippen LogP contribution < -0.4 is 0 Å². The molecule has 9 heteroatoms. The Labute approximate surface area is 226 Å². The minimum absolute atomic E-state index is 0.0746. The summed E-state index contributed by atoms with van der Waals surface area (Å²) in [6.45, 7) is 5.14. The Morgan fingerprint density at radius 1 is 1.08 bits per heavy atom. The maximum Gasteiger partial charge on any atom is 0.338 e. The van der Waals surface area contributed by atoms with E-state index in [1.54, 1.807) is 6.07 Å². The molecule has 1 atom stereocenters. The van der Waals surface area contributed by atoms with Crippen molar-refractivity contribution in [3.63, 3.8) is 0 Å². The van der Waals surface area contributed by atoms with Gasteiger partial charge in [0.05, 0.1) is 23.7 Å². The van der Waals surface area contributed by atoms with Crippen molar-refractivity contribution in [2.24, 2.45) is 4.99 Å². The highest BCUT2D eigenvalue weighted by molar-refractivity contribution is 8.16. The van der Waals surface area contributed by atoms with Gasteiger partial charge < -0.3 is 19.4 Å². The lowest BCUT2D eigenvalue weighted by Crippen LogP contribution is -2.47. The van der Waals surface area contributed by atoms with Crippen LogP contribution in [0.25, 0.3) is 0 Å². The number of hydrogen-bond acceptors (Lipinski definition) is 7. The van der Waals surface area contributed by atoms with Crippen molar-refractivity contribution in [2.45, 2.75) is 26.0 Å². The number of allylic oxidation sites excluding steroid dienone is 1. The van der Waals surface area contributed by atoms with Crippen LogP contribution in [0.4, 0.5) is 0 Å². The maximum absolute atomic E-state index is 13.5. The second-order valence-corrected chi connectivity index (χ2v) is 10.6. The van der Waals surface area contributed by atoms with E-state index in [0.717, 1.165) is 35.1 Å². The molecule has 1 amide bonds. The number of likely N-dealkylation sites (N-methyl/N-ethyl adjacent to an activating group) is 1. The Morgan fingerprint density at radius 3 is 2.57 bits per heavy atom. The number of esters is 1. The number of nitrogens with zero attached hydrogens (tertiary/aromatic N) is 4. The zero-order valence-electron chi connectivity index (χ0n) is 20.9. The van der Waals surface area contributed by atoms with Gasteiger partial charge in [0.25, 0.3) is 0 Å². The standard InChI is InChI=1S/C28H29ClN4O3S/c1-19-25(27(35)36-17-20-7-4-3-5-8-20)26(21-9-6-10-22(29)15-21)33-23(18-37-28(33)30-19)16-24(34)32-13-11-31(2)12-14-32/h3-10,15,18,26H,11-14,16-17H2,1-2H3. The number of fused-ring (bicyclic) bond motifs is 1. The van der Waals surface area contributed by atoms with Crippen molar-refractivity contribution in [2.75, 3.05) is 33.2 Å². The fourth-order valence-corrected chi connectivity index (χ4v) is 5.91. The molecule has 192 valence electrons. The third kappa shape index (κ3) is 5.61. The average Bonchev–Trinajstić information content (AvgIpc) is 3.29. The summed E-state index contributed by atoms with van der Waals surface area (Å²) in [7, 11) is 2.07. The summed E-state index contributed by atoms with van der Waals surface area (Å²) in [4.78, 5) is 37.6. The normalized spacial score (nSPS) is 19.9. The highest BCUT2D eigenvalue weighted by atomic mass is 35.5. The van der Waals surface area contributed by atoms with E-state index in [2.05, 4.69) is 11.9 Å². The van der Waals surface area contributed by atoms with Crippen LogP contribution >= 0.6 is 23.4 Å². The lowest BCUT2D eigenvalue weighted by Gasteiger charge is -2.37. The number of halogens is 1. The summed E-state index contributed by atoms with van der Waals surface area (Å²) < 4.78 is 5.76. The van der Waals surface area contributed by atoms with E-state index < -0.39 is 12.0 Å². The fraction of sp³-hybridized carbons (Fsp3) is 0.321. The molecule has 0 radical (unpaired) electrons. The molecule has 1 saturated heterocycles. The number of aliphatic imine (C=N–C) groups is 1. The lowest BCUT2D eigenvalue weighted by atomic mass is 9.94. The summed E-state index contributed by atoms with van der Waals surface area (Å²) in [5, 5.41) is 3.28. The van der Waals surface area contributed by atoms with Crippen LogP contribution in [0, 0.1) is 0 Å². The van der Waals surface area contributed by atoms with Gasteiger partial charge in [0.1, 0.15) is 6.61 Å². The van der Waals surface area contributed by atoms with Gasteiger partial charge in [-0.1, -0.05) is 65.8 Å². The molecule has 0 bridgehead atoms. The summed E-state index contributed by atoms with van der Waals surface area (Å²) in [6.07, 6.45) is 0.234. The maximum atomic E-state index is 13.5. The third-order valence-electron chi connectivity index (χ3n) is 6.79. The molecule has 0 aliphatic carbocycles. The van der Waals surface area contributed by atoms with Crippen LogP contribution in [0.15, 0.2) is 82.0 Å². The second-order valence-electron chi connectivity index (χ2n) is 9.37. The van der Waals surface area contributed by atoms with Crippen molar-refractivity contribution in [3.8, 4) is 0 Å². The predicted molar refractivity (Wildman–Crippen MR) is 147 cm³/mol. The van der Waals surface area contributed by atoms with E-state index in [1.807, 2.05) is 70.7 Å². The van der Waals surface area contributed by atoms with E-state index in [-0.39, 0.29) is 18.9 Å². The molecular weight excluding hydrogens is 508 g/mol. The molecule has 0 aromatic heterocycles. The molecule has 5 rings (SSSR count). The van der Waals surface area contributed by atoms with Crippen molar-refractivity contribution in [1.82, 2.24) is 14.7 Å². The Hall–Kier alpha value is -3.07. The van der Waals surface area contributed by atoms with Crippen molar-refractivity contribution >= 4 is 40.4 Å². The first-order chi connectivity index (χ1) is 17.9. The number of ether oxygens (including phenoxy) is 1. The van der Waals surface area contributed by atoms with Crippen LogP contribution in [0.1, 0.15) is 30.5 Å². The predicted octanol–water partition coefficient (Wildman–Crippen LogP) is 4.82. The minimum atomic E-state index is -0.504. The summed E-state index contributed by atoms with van der Waals surface area (Å²) in [6, 6.07) is 16.6. The van der Waals surface area contributed by atoms with Gasteiger partial charge in [0, 0.05) is 36.9 Å². The SMILES string of the molecule is CC1=C(C(=O)OCc2ccccc2)C(c2cccc(Cl)c2)N2C(CC(=O)N3CCN(C)CC3)=CSC2=N1. The van der Waals surface area contributed by atoms with Gasteiger partial charge in [-0.15, -0.1) is 0 Å². The first-order valence-electron chi connectivity index (χ1n) is 12.3. The molecule has 2 aromatic rings. The molecule has 3 aliphatic rings. The molecule has 7 nitrogen and oxygen atoms in total. The van der Waals surface area contributed by atoms with Gasteiger partial charge in [-0.2, -0.15) is 0 Å². The zero-order valence-corrected chi connectivity index (χ0v) is 22.5. The van der Waals surface area contributed by atoms with Crippen molar-refractivity contribution in [3.05, 3.63) is 93.1 Å². The summed E-state index contributed by atoms with van der Waals surface area (Å²) >= 11 is 7.85. The van der Waals surface area contributed by atoms with Crippen molar-refractivity contribution in [1.29, 1.82) is 0 Å². The first kappa shape index (κ1) is 25.6. The molecule has 0 spiro atoms. The van der Waals surface area contributed by atoms with E-state index >= 15 is 0 Å². The molecule has 1 fully saturated rings. The number of amides is 1. The van der Waals surface area contributed by atoms with E-state index in [0.29, 0.717) is 29.4 Å². The molecule has 3 aliphatic heterocycles. The monoisotopic (exact) mass is 536 g/mol. The van der Waals surface area contributed by atoms with Gasteiger partial charge in [0.15, 0.2) is 5.17 Å². The van der Waals surface area contributed by atoms with Gasteiger partial charge in [-0.3, -0.25) is 4.79 Å². The third-order valence-corrected chi connectivity index (χ3v) is 7.91. The quantitative estimate of drug-likeness (QED) is 0.493. The first-order valence-corrected chi connectivity index (χ1v) is 13.5. The molecule has 0 saturated carbocycles. The minimum Gasteiger partial charge on any atom is -0.457 e. The van der Waals surface area contributed by atoms with Gasteiger partial charge in [0.2, 0.25) is 5.91 Å². The fourth-order valence-electron chi connectivity index (χ4n) is 4.75. The Bertz CT molecular complexity index is 1290. The average molecular weight is 537 g/mol. The number of piperazine rings is 1. The molecule has 0 N–H and O–H groups in total. The number of thioether (sulfide) groups is 1. The van der Waals surface area contributed by atoms with Gasteiger partial charge in [-0.05, 0) is 42.6 Å². The zero-order chi connectivity index (χ0) is 25.9. The van der Waals surface area contributed by atoms with E-state index in [4.69, 9.17) is 21.3 Å². The Kier molecular flexibility index (Phi) is 7.69. The number of benzene rings is 2. The van der Waals surface area contributed by atoms with Crippen molar-refractivity contribution < 1.29 is 14.3 Å². The topological polar surface area (TPSA) is 65.5 Å². The number of rotatable bonds is 6. The summed E-state index contributed by atoms with van der Waals surface area (Å²) in [5.74, 6) is -0.360. The van der Waals surface area contributed by atoms with Crippen LogP contribution in [0.2, 0.25) is 5.02 Å². The lowest BCUT2D eigenvalue weighted by molar-refractivity contribution is -0.141.